The SMILES string of the molecule is C=CNC(=NCc1cccs1)c1cc(-c2ccc(OC)cc2)ccc1C. The normalized spacial score (nSPS) is 11.2. The van der Waals surface area contributed by atoms with Crippen molar-refractivity contribution in [2.45, 2.75) is 13.5 Å². The number of amidine groups is 1. The van der Waals surface area contributed by atoms with Crippen LogP contribution in [0.5, 0.6) is 5.75 Å². The molecular formula is C22H22N2OS. The van der Waals surface area contributed by atoms with E-state index in [1.165, 1.54) is 10.4 Å². The minimum Gasteiger partial charge on any atom is -0.497 e. The van der Waals surface area contributed by atoms with E-state index < -0.39 is 0 Å². The van der Waals surface area contributed by atoms with E-state index in [-0.39, 0.29) is 0 Å². The molecule has 0 radical (unpaired) electrons. The van der Waals surface area contributed by atoms with Crippen LogP contribution >= 0.6 is 11.3 Å². The lowest BCUT2D eigenvalue weighted by Crippen LogP contribution is -2.20. The van der Waals surface area contributed by atoms with Crippen molar-refractivity contribution in [3.05, 3.63) is 88.8 Å². The number of aliphatic imine (C=N–C) groups is 1. The van der Waals surface area contributed by atoms with E-state index in [9.17, 15) is 0 Å². The minimum atomic E-state index is 0.653. The molecule has 3 aromatic rings. The molecule has 0 aliphatic carbocycles. The van der Waals surface area contributed by atoms with Crippen LogP contribution in [0.15, 0.2) is 77.7 Å². The molecule has 1 aromatic heterocycles. The van der Waals surface area contributed by atoms with Crippen LogP contribution in [-0.2, 0) is 6.54 Å². The van der Waals surface area contributed by atoms with E-state index in [2.05, 4.69) is 60.6 Å². The highest BCUT2D eigenvalue weighted by Gasteiger charge is 2.09. The zero-order valence-corrected chi connectivity index (χ0v) is 15.8. The van der Waals surface area contributed by atoms with Crippen LogP contribution in [0.3, 0.4) is 0 Å². The van der Waals surface area contributed by atoms with E-state index in [1.807, 2.05) is 18.2 Å². The molecule has 2 aromatic carbocycles. The molecule has 3 rings (SSSR count). The molecular weight excluding hydrogens is 340 g/mol. The van der Waals surface area contributed by atoms with E-state index in [0.29, 0.717) is 6.54 Å². The number of hydrogen-bond acceptors (Lipinski definition) is 3. The summed E-state index contributed by atoms with van der Waals surface area (Å²) in [6.07, 6.45) is 1.67. The number of methoxy groups -OCH3 is 1. The maximum absolute atomic E-state index is 5.25. The lowest BCUT2D eigenvalue weighted by atomic mass is 9.99. The fourth-order valence-electron chi connectivity index (χ4n) is 2.70. The van der Waals surface area contributed by atoms with E-state index in [4.69, 9.17) is 9.73 Å². The zero-order valence-electron chi connectivity index (χ0n) is 15.0. The Kier molecular flexibility index (Phi) is 5.87. The second kappa shape index (κ2) is 8.50. The molecule has 0 spiro atoms. The van der Waals surface area contributed by atoms with Crippen LogP contribution < -0.4 is 10.1 Å². The molecule has 0 fully saturated rings. The Morgan fingerprint density at radius 1 is 1.15 bits per heavy atom. The summed E-state index contributed by atoms with van der Waals surface area (Å²) >= 11 is 1.71. The van der Waals surface area contributed by atoms with Gasteiger partial charge in [-0.25, -0.2) is 0 Å². The standard InChI is InChI=1S/C22H22N2OS/c1-4-23-22(24-15-20-6-5-13-26-20)21-14-18(8-7-16(21)2)17-9-11-19(25-3)12-10-17/h4-14H,1,15H2,2-3H3,(H,23,24). The molecule has 132 valence electrons. The predicted octanol–water partition coefficient (Wildman–Crippen LogP) is 5.41. The third kappa shape index (κ3) is 4.21. The van der Waals surface area contributed by atoms with Gasteiger partial charge in [-0.3, -0.25) is 4.99 Å². The van der Waals surface area contributed by atoms with Gasteiger partial charge in [0.05, 0.1) is 13.7 Å². The van der Waals surface area contributed by atoms with E-state index >= 15 is 0 Å². The van der Waals surface area contributed by atoms with Crippen molar-refractivity contribution < 1.29 is 4.74 Å². The highest BCUT2D eigenvalue weighted by molar-refractivity contribution is 7.09. The van der Waals surface area contributed by atoms with Gasteiger partial charge in [0, 0.05) is 10.4 Å². The van der Waals surface area contributed by atoms with E-state index in [1.54, 1.807) is 24.6 Å². The first kappa shape index (κ1) is 18.0. The van der Waals surface area contributed by atoms with Crippen LogP contribution in [0, 0.1) is 6.92 Å². The third-order valence-corrected chi connectivity index (χ3v) is 4.99. The van der Waals surface area contributed by atoms with Gasteiger partial charge in [-0.1, -0.05) is 36.9 Å². The average Bonchev–Trinajstić information content (AvgIpc) is 3.19. The minimum absolute atomic E-state index is 0.653. The third-order valence-electron chi connectivity index (χ3n) is 4.13. The van der Waals surface area contributed by atoms with Crippen LogP contribution in [0.2, 0.25) is 0 Å². The molecule has 0 aliphatic rings. The summed E-state index contributed by atoms with van der Waals surface area (Å²) in [5, 5.41) is 5.27. The summed E-state index contributed by atoms with van der Waals surface area (Å²) < 4.78 is 5.25. The molecule has 4 heteroatoms. The maximum Gasteiger partial charge on any atom is 0.132 e. The summed E-state index contributed by atoms with van der Waals surface area (Å²) in [5.41, 5.74) is 4.53. The summed E-state index contributed by atoms with van der Waals surface area (Å²) in [7, 11) is 1.68. The number of nitrogens with zero attached hydrogens (tertiary/aromatic N) is 1. The van der Waals surface area contributed by atoms with Gasteiger partial charge in [-0.15, -0.1) is 11.3 Å². The number of aryl methyl sites for hydroxylation is 1. The highest BCUT2D eigenvalue weighted by Crippen LogP contribution is 2.25. The Bertz CT molecular complexity index is 896. The number of ether oxygens (including phenoxy) is 1. The van der Waals surface area contributed by atoms with Crippen molar-refractivity contribution in [2.75, 3.05) is 7.11 Å². The topological polar surface area (TPSA) is 33.6 Å². The van der Waals surface area contributed by atoms with Gasteiger partial charge in [-0.05, 0) is 59.5 Å². The van der Waals surface area contributed by atoms with Gasteiger partial charge in [0.2, 0.25) is 0 Å². The summed E-state index contributed by atoms with van der Waals surface area (Å²) in [6.45, 7) is 6.55. The molecule has 1 heterocycles. The maximum atomic E-state index is 5.25. The summed E-state index contributed by atoms with van der Waals surface area (Å²) in [6, 6.07) is 18.7. The lowest BCUT2D eigenvalue weighted by Gasteiger charge is -2.12. The molecule has 3 nitrogen and oxygen atoms in total. The molecule has 0 saturated carbocycles. The number of thiophene rings is 1. The monoisotopic (exact) mass is 362 g/mol. The molecule has 0 unspecified atom stereocenters. The second-order valence-electron chi connectivity index (χ2n) is 5.85. The molecule has 1 N–H and O–H groups in total. The van der Waals surface area contributed by atoms with Gasteiger partial charge >= 0.3 is 0 Å². The van der Waals surface area contributed by atoms with E-state index in [0.717, 1.165) is 28.3 Å². The van der Waals surface area contributed by atoms with Gasteiger partial charge in [-0.2, -0.15) is 0 Å². The molecule has 0 aliphatic heterocycles. The largest absolute Gasteiger partial charge is 0.497 e. The second-order valence-corrected chi connectivity index (χ2v) is 6.88. The highest BCUT2D eigenvalue weighted by atomic mass is 32.1. The summed E-state index contributed by atoms with van der Waals surface area (Å²) in [4.78, 5) is 6.01. The van der Waals surface area contributed by atoms with Crippen molar-refractivity contribution in [3.8, 4) is 16.9 Å². The molecule has 26 heavy (non-hydrogen) atoms. The Morgan fingerprint density at radius 3 is 2.58 bits per heavy atom. The van der Waals surface area contributed by atoms with Gasteiger partial charge in [0.25, 0.3) is 0 Å². The van der Waals surface area contributed by atoms with Gasteiger partial charge < -0.3 is 10.1 Å². The van der Waals surface area contributed by atoms with Crippen molar-refractivity contribution in [1.29, 1.82) is 0 Å². The number of benzene rings is 2. The Labute approximate surface area is 158 Å². The smallest absolute Gasteiger partial charge is 0.132 e. The Morgan fingerprint density at radius 2 is 1.92 bits per heavy atom. The van der Waals surface area contributed by atoms with Crippen molar-refractivity contribution in [3.63, 3.8) is 0 Å². The number of nitrogens with one attached hydrogen (secondary N) is 1. The fraction of sp³-hybridized carbons (Fsp3) is 0.136. The Balaban J connectivity index is 1.95. The van der Waals surface area contributed by atoms with Crippen molar-refractivity contribution in [1.82, 2.24) is 5.32 Å². The molecule has 0 atom stereocenters. The van der Waals surface area contributed by atoms with Crippen molar-refractivity contribution >= 4 is 17.2 Å². The average molecular weight is 362 g/mol. The van der Waals surface area contributed by atoms with Crippen LogP contribution in [0.4, 0.5) is 0 Å². The lowest BCUT2D eigenvalue weighted by molar-refractivity contribution is 0.415. The molecule has 0 amide bonds. The zero-order chi connectivity index (χ0) is 18.4. The fourth-order valence-corrected chi connectivity index (χ4v) is 3.33. The van der Waals surface area contributed by atoms with Crippen LogP contribution in [-0.4, -0.2) is 12.9 Å². The first-order valence-corrected chi connectivity index (χ1v) is 9.29. The van der Waals surface area contributed by atoms with Crippen LogP contribution in [0.1, 0.15) is 16.0 Å². The van der Waals surface area contributed by atoms with Gasteiger partial charge in [0.15, 0.2) is 0 Å². The van der Waals surface area contributed by atoms with Gasteiger partial charge in [0.1, 0.15) is 11.6 Å². The Hall–Kier alpha value is -2.85. The van der Waals surface area contributed by atoms with Crippen LogP contribution in [0.25, 0.3) is 11.1 Å². The summed E-state index contributed by atoms with van der Waals surface area (Å²) in [5.74, 6) is 1.69. The first-order valence-electron chi connectivity index (χ1n) is 8.41. The predicted molar refractivity (Wildman–Crippen MR) is 111 cm³/mol. The van der Waals surface area contributed by atoms with Crippen molar-refractivity contribution in [2.24, 2.45) is 4.99 Å². The first-order chi connectivity index (χ1) is 12.7. The number of hydrogen-bond donors (Lipinski definition) is 1. The molecule has 0 bridgehead atoms. The quantitative estimate of drug-likeness (QED) is 0.470. The molecule has 0 saturated heterocycles. The number of rotatable bonds is 6.